The minimum atomic E-state index is 0.00598. The lowest BCUT2D eigenvalue weighted by atomic mass is 10.4. The fourth-order valence-electron chi connectivity index (χ4n) is 0.909. The summed E-state index contributed by atoms with van der Waals surface area (Å²) >= 11 is 5.66. The fourth-order valence-corrected chi connectivity index (χ4v) is 1.02. The summed E-state index contributed by atoms with van der Waals surface area (Å²) in [5.74, 6) is 0.727. The van der Waals surface area contributed by atoms with Crippen LogP contribution in [0.25, 0.3) is 0 Å². The van der Waals surface area contributed by atoms with Crippen LogP contribution in [0.4, 0.5) is 5.82 Å². The Bertz CT molecular complexity index is 299. The van der Waals surface area contributed by atoms with Crippen molar-refractivity contribution >= 4 is 23.3 Å². The van der Waals surface area contributed by atoms with Gasteiger partial charge in [-0.1, -0.05) is 11.6 Å². The minimum absolute atomic E-state index is 0.00598. The maximum absolute atomic E-state index is 10.9. The van der Waals surface area contributed by atoms with Crippen LogP contribution >= 0.6 is 11.6 Å². The quantitative estimate of drug-likeness (QED) is 0.793. The molecule has 1 amide bonds. The summed E-state index contributed by atoms with van der Waals surface area (Å²) in [5.41, 5.74) is 0. The van der Waals surface area contributed by atoms with Gasteiger partial charge < -0.3 is 10.6 Å². The second kappa shape index (κ2) is 5.44. The number of anilines is 1. The number of hydrogen-bond acceptors (Lipinski definition) is 3. The Morgan fingerprint density at radius 3 is 2.93 bits per heavy atom. The molecular weight excluding hydrogens is 202 g/mol. The van der Waals surface area contributed by atoms with E-state index in [2.05, 4.69) is 15.6 Å². The Labute approximate surface area is 87.7 Å². The molecule has 1 heterocycles. The molecule has 0 saturated carbocycles. The molecule has 0 unspecified atom stereocenters. The van der Waals surface area contributed by atoms with Crippen molar-refractivity contribution in [3.63, 3.8) is 0 Å². The summed E-state index contributed by atoms with van der Waals surface area (Å²) in [4.78, 5) is 14.9. The van der Waals surface area contributed by atoms with E-state index in [1.165, 1.54) is 0 Å². The summed E-state index contributed by atoms with van der Waals surface area (Å²) in [7, 11) is 1.61. The molecule has 0 aliphatic rings. The first-order valence-corrected chi connectivity index (χ1v) is 4.66. The molecule has 4 nitrogen and oxygen atoms in total. The van der Waals surface area contributed by atoms with E-state index in [1.54, 1.807) is 25.4 Å². The van der Waals surface area contributed by atoms with Gasteiger partial charge >= 0.3 is 0 Å². The van der Waals surface area contributed by atoms with Crippen LogP contribution in [0.5, 0.6) is 0 Å². The lowest BCUT2D eigenvalue weighted by Crippen LogP contribution is -2.20. The van der Waals surface area contributed by atoms with E-state index >= 15 is 0 Å². The first kappa shape index (κ1) is 10.8. The number of halogens is 1. The number of carbonyl (C=O) groups excluding carboxylic acids is 1. The number of aromatic nitrogens is 1. The molecule has 0 atom stereocenters. The highest BCUT2D eigenvalue weighted by Gasteiger charge is 1.97. The maximum atomic E-state index is 10.9. The van der Waals surface area contributed by atoms with Crippen LogP contribution in [0.15, 0.2) is 18.3 Å². The number of pyridine rings is 1. The zero-order valence-electron chi connectivity index (χ0n) is 7.88. The Hall–Kier alpha value is -1.29. The fraction of sp³-hybridized carbons (Fsp3) is 0.333. The monoisotopic (exact) mass is 213 g/mol. The van der Waals surface area contributed by atoms with Crippen molar-refractivity contribution in [2.24, 2.45) is 0 Å². The molecule has 76 valence electrons. The van der Waals surface area contributed by atoms with Gasteiger partial charge in [0.15, 0.2) is 0 Å². The van der Waals surface area contributed by atoms with Gasteiger partial charge in [-0.25, -0.2) is 4.98 Å². The Morgan fingerprint density at radius 2 is 2.36 bits per heavy atom. The van der Waals surface area contributed by atoms with Gasteiger partial charge in [0.2, 0.25) is 5.91 Å². The van der Waals surface area contributed by atoms with E-state index in [0.29, 0.717) is 18.0 Å². The summed E-state index contributed by atoms with van der Waals surface area (Å²) < 4.78 is 0. The van der Waals surface area contributed by atoms with E-state index in [0.717, 1.165) is 5.82 Å². The van der Waals surface area contributed by atoms with Gasteiger partial charge in [-0.3, -0.25) is 4.79 Å². The Balaban J connectivity index is 2.31. The predicted octanol–water partition coefficient (Wildman–Crippen LogP) is 1.28. The van der Waals surface area contributed by atoms with Gasteiger partial charge in [0.1, 0.15) is 5.82 Å². The van der Waals surface area contributed by atoms with Crippen LogP contribution in [-0.2, 0) is 4.79 Å². The highest BCUT2D eigenvalue weighted by Crippen LogP contribution is 2.09. The molecule has 0 bridgehead atoms. The number of nitrogens with zero attached hydrogens (tertiary/aromatic N) is 1. The number of amides is 1. The zero-order valence-corrected chi connectivity index (χ0v) is 8.64. The van der Waals surface area contributed by atoms with Crippen molar-refractivity contribution < 1.29 is 4.79 Å². The molecule has 14 heavy (non-hydrogen) atoms. The lowest BCUT2D eigenvalue weighted by Gasteiger charge is -2.04. The van der Waals surface area contributed by atoms with Gasteiger partial charge in [0, 0.05) is 26.2 Å². The van der Waals surface area contributed by atoms with Crippen LogP contribution in [0.3, 0.4) is 0 Å². The van der Waals surface area contributed by atoms with Gasteiger partial charge in [0.25, 0.3) is 0 Å². The van der Waals surface area contributed by atoms with Crippen molar-refractivity contribution in [2.45, 2.75) is 6.42 Å². The molecule has 0 spiro atoms. The molecule has 0 fully saturated rings. The van der Waals surface area contributed by atoms with Crippen LogP contribution in [0, 0.1) is 0 Å². The molecule has 0 radical (unpaired) electrons. The van der Waals surface area contributed by atoms with E-state index in [-0.39, 0.29) is 5.91 Å². The van der Waals surface area contributed by atoms with E-state index in [9.17, 15) is 4.79 Å². The van der Waals surface area contributed by atoms with Crippen molar-refractivity contribution in [3.05, 3.63) is 23.4 Å². The Kier molecular flexibility index (Phi) is 4.19. The minimum Gasteiger partial charge on any atom is -0.370 e. The van der Waals surface area contributed by atoms with Crippen molar-refractivity contribution in [1.82, 2.24) is 10.3 Å². The van der Waals surface area contributed by atoms with E-state index < -0.39 is 0 Å². The number of rotatable bonds is 4. The molecular formula is C9H12ClN3O. The second-order valence-electron chi connectivity index (χ2n) is 2.71. The topological polar surface area (TPSA) is 54.0 Å². The molecule has 1 aromatic heterocycles. The van der Waals surface area contributed by atoms with E-state index in [1.807, 2.05) is 0 Å². The number of carbonyl (C=O) groups is 1. The summed E-state index contributed by atoms with van der Waals surface area (Å²) in [6.07, 6.45) is 1.99. The van der Waals surface area contributed by atoms with Gasteiger partial charge in [0.05, 0.1) is 5.02 Å². The first-order valence-electron chi connectivity index (χ1n) is 4.28. The van der Waals surface area contributed by atoms with Gasteiger partial charge in [-0.2, -0.15) is 0 Å². The SMILES string of the molecule is CNC(=O)CCNc1ccc(Cl)cn1. The zero-order chi connectivity index (χ0) is 10.4. The van der Waals surface area contributed by atoms with Crippen LogP contribution < -0.4 is 10.6 Å². The third-order valence-electron chi connectivity index (χ3n) is 1.66. The first-order chi connectivity index (χ1) is 6.72. The van der Waals surface area contributed by atoms with Crippen molar-refractivity contribution in [1.29, 1.82) is 0 Å². The van der Waals surface area contributed by atoms with Crippen molar-refractivity contribution in [3.8, 4) is 0 Å². The smallest absolute Gasteiger partial charge is 0.221 e. The average molecular weight is 214 g/mol. The Morgan fingerprint density at radius 1 is 1.57 bits per heavy atom. The average Bonchev–Trinajstić information content (AvgIpc) is 2.21. The van der Waals surface area contributed by atoms with Crippen molar-refractivity contribution in [2.75, 3.05) is 18.9 Å². The predicted molar refractivity (Wildman–Crippen MR) is 56.4 cm³/mol. The molecule has 1 aromatic rings. The second-order valence-corrected chi connectivity index (χ2v) is 3.15. The normalized spacial score (nSPS) is 9.57. The van der Waals surface area contributed by atoms with Gasteiger partial charge in [-0.15, -0.1) is 0 Å². The van der Waals surface area contributed by atoms with Gasteiger partial charge in [-0.05, 0) is 12.1 Å². The maximum Gasteiger partial charge on any atom is 0.221 e. The highest BCUT2D eigenvalue weighted by atomic mass is 35.5. The standard InChI is InChI=1S/C9H12ClN3O/c1-11-9(14)4-5-12-8-3-2-7(10)6-13-8/h2-3,6H,4-5H2,1H3,(H,11,14)(H,12,13). The van der Waals surface area contributed by atoms with Crippen LogP contribution in [0.2, 0.25) is 5.02 Å². The lowest BCUT2D eigenvalue weighted by molar-refractivity contribution is -0.120. The molecule has 1 rings (SSSR count). The molecule has 2 N–H and O–H groups in total. The highest BCUT2D eigenvalue weighted by molar-refractivity contribution is 6.30. The molecule has 0 aliphatic heterocycles. The summed E-state index contributed by atoms with van der Waals surface area (Å²) in [5, 5.41) is 6.15. The summed E-state index contributed by atoms with van der Waals surface area (Å²) in [6.45, 7) is 0.564. The van der Waals surface area contributed by atoms with E-state index in [4.69, 9.17) is 11.6 Å². The largest absolute Gasteiger partial charge is 0.370 e. The number of hydrogen-bond donors (Lipinski definition) is 2. The molecule has 0 aromatic carbocycles. The summed E-state index contributed by atoms with van der Waals surface area (Å²) in [6, 6.07) is 3.52. The van der Waals surface area contributed by atoms with Crippen LogP contribution in [-0.4, -0.2) is 24.5 Å². The molecule has 5 heteroatoms. The van der Waals surface area contributed by atoms with Crippen LogP contribution in [0.1, 0.15) is 6.42 Å². The molecule has 0 saturated heterocycles. The number of nitrogens with one attached hydrogen (secondary N) is 2. The third kappa shape index (κ3) is 3.62. The third-order valence-corrected chi connectivity index (χ3v) is 1.89. The molecule has 0 aliphatic carbocycles.